The van der Waals surface area contributed by atoms with E-state index in [0.717, 1.165) is 33.1 Å². The molecule has 3 heterocycles. The third-order valence-corrected chi connectivity index (χ3v) is 7.22. The number of carboxylic acids is 1. The molecule has 1 aliphatic heterocycles. The average molecular weight is 491 g/mol. The molecule has 186 valence electrons. The molecule has 0 bridgehead atoms. The predicted molar refractivity (Wildman–Crippen MR) is 132 cm³/mol. The van der Waals surface area contributed by atoms with Gasteiger partial charge in [0.1, 0.15) is 0 Å². The van der Waals surface area contributed by atoms with Crippen LogP contribution < -0.4 is 4.74 Å². The standard InChI is InChI=1S/C27H27FN4O4/c1-26(2,7-8-29)24-23(16-12-27(3,25(33)34)36-14-16)18-11-20-15(13-30-31-20)9-21(18)32(24)17-5-6-19(28)22(10-17)35-4/h5-6,9-11,13,16H,7,12,14H2,1-4H3,(H,30,31)(H,33,34)/t16-,27+/m0/s1. The number of nitriles is 1. The molecule has 5 rings (SSSR count). The monoisotopic (exact) mass is 490 g/mol. The van der Waals surface area contributed by atoms with Crippen molar-refractivity contribution < 1.29 is 23.8 Å². The first kappa shape index (κ1) is 23.8. The van der Waals surface area contributed by atoms with Crippen molar-refractivity contribution in [3.05, 3.63) is 53.6 Å². The first-order chi connectivity index (χ1) is 17.1. The molecule has 0 radical (unpaired) electrons. The summed E-state index contributed by atoms with van der Waals surface area (Å²) in [6.45, 7) is 5.80. The lowest BCUT2D eigenvalue weighted by molar-refractivity contribution is -0.157. The normalized spacial score (nSPS) is 20.2. The van der Waals surface area contributed by atoms with Gasteiger partial charge < -0.3 is 19.1 Å². The largest absolute Gasteiger partial charge is 0.494 e. The first-order valence-corrected chi connectivity index (χ1v) is 11.7. The quantitative estimate of drug-likeness (QED) is 0.384. The number of hydrogen-bond donors (Lipinski definition) is 2. The molecule has 0 spiro atoms. The molecule has 4 aromatic rings. The fourth-order valence-electron chi connectivity index (χ4n) is 5.37. The molecule has 9 heteroatoms. The van der Waals surface area contributed by atoms with Crippen molar-refractivity contribution in [1.29, 1.82) is 5.26 Å². The minimum atomic E-state index is -1.31. The second-order valence-corrected chi connectivity index (χ2v) is 10.2. The molecule has 2 aromatic heterocycles. The number of fused-ring (bicyclic) bond motifs is 2. The van der Waals surface area contributed by atoms with Crippen LogP contribution >= 0.6 is 0 Å². The Hall–Kier alpha value is -3.90. The third kappa shape index (κ3) is 3.60. The summed E-state index contributed by atoms with van der Waals surface area (Å²) in [5.74, 6) is -1.61. The van der Waals surface area contributed by atoms with E-state index in [1.54, 1.807) is 25.3 Å². The van der Waals surface area contributed by atoms with Crippen LogP contribution in [0.5, 0.6) is 5.75 Å². The number of rotatable bonds is 6. The maximum atomic E-state index is 14.4. The first-order valence-electron chi connectivity index (χ1n) is 11.7. The van der Waals surface area contributed by atoms with E-state index < -0.39 is 22.8 Å². The number of carbonyl (C=O) groups is 1. The number of aromatic amines is 1. The van der Waals surface area contributed by atoms with Gasteiger partial charge in [-0.05, 0) is 43.2 Å². The van der Waals surface area contributed by atoms with Gasteiger partial charge in [-0.15, -0.1) is 0 Å². The summed E-state index contributed by atoms with van der Waals surface area (Å²) in [7, 11) is 1.42. The number of ether oxygens (including phenoxy) is 2. The zero-order chi connectivity index (χ0) is 25.8. The Kier molecular flexibility index (Phi) is 5.52. The molecule has 0 saturated carbocycles. The van der Waals surface area contributed by atoms with Crippen molar-refractivity contribution >= 4 is 27.8 Å². The highest BCUT2D eigenvalue weighted by Gasteiger charge is 2.46. The van der Waals surface area contributed by atoms with Crippen LogP contribution in [0.25, 0.3) is 27.5 Å². The van der Waals surface area contributed by atoms with Gasteiger partial charge in [0.05, 0.1) is 37.0 Å². The molecular weight excluding hydrogens is 463 g/mol. The Balaban J connectivity index is 1.89. The second kappa shape index (κ2) is 8.35. The zero-order valence-electron chi connectivity index (χ0n) is 20.6. The highest BCUT2D eigenvalue weighted by molar-refractivity contribution is 5.99. The summed E-state index contributed by atoms with van der Waals surface area (Å²) < 4.78 is 27.5. The van der Waals surface area contributed by atoms with E-state index >= 15 is 0 Å². The molecule has 36 heavy (non-hydrogen) atoms. The Morgan fingerprint density at radius 2 is 2.19 bits per heavy atom. The minimum Gasteiger partial charge on any atom is -0.494 e. The maximum Gasteiger partial charge on any atom is 0.335 e. The van der Waals surface area contributed by atoms with Gasteiger partial charge in [0.25, 0.3) is 0 Å². The Morgan fingerprint density at radius 3 is 2.86 bits per heavy atom. The number of aliphatic carboxylic acids is 1. The Morgan fingerprint density at radius 1 is 1.42 bits per heavy atom. The molecule has 2 N–H and O–H groups in total. The van der Waals surface area contributed by atoms with Crippen LogP contribution in [0.1, 0.15) is 50.8 Å². The molecule has 2 aromatic carbocycles. The summed E-state index contributed by atoms with van der Waals surface area (Å²) in [6.07, 6.45) is 2.24. The van der Waals surface area contributed by atoms with Crippen LogP contribution in [0.15, 0.2) is 36.5 Å². The number of nitrogens with one attached hydrogen (secondary N) is 1. The highest BCUT2D eigenvalue weighted by Crippen LogP contribution is 2.48. The fourth-order valence-corrected chi connectivity index (χ4v) is 5.37. The zero-order valence-corrected chi connectivity index (χ0v) is 20.6. The van der Waals surface area contributed by atoms with E-state index in [2.05, 4.69) is 16.3 Å². The van der Waals surface area contributed by atoms with Gasteiger partial charge in [0.2, 0.25) is 0 Å². The topological polar surface area (TPSA) is 113 Å². The van der Waals surface area contributed by atoms with Crippen molar-refractivity contribution in [2.24, 2.45) is 0 Å². The van der Waals surface area contributed by atoms with Gasteiger partial charge in [-0.3, -0.25) is 5.10 Å². The van der Waals surface area contributed by atoms with Crippen molar-refractivity contribution in [1.82, 2.24) is 14.8 Å². The molecule has 1 saturated heterocycles. The lowest BCUT2D eigenvalue weighted by Gasteiger charge is -2.28. The minimum absolute atomic E-state index is 0.104. The van der Waals surface area contributed by atoms with Crippen LogP contribution in [-0.4, -0.2) is 45.2 Å². The second-order valence-electron chi connectivity index (χ2n) is 10.2. The summed E-state index contributed by atoms with van der Waals surface area (Å²) in [5.41, 5.74) is 2.20. The average Bonchev–Trinajstić information content (AvgIpc) is 3.53. The molecular formula is C27H27FN4O4. The third-order valence-electron chi connectivity index (χ3n) is 7.22. The van der Waals surface area contributed by atoms with Crippen molar-refractivity contribution in [2.75, 3.05) is 13.7 Å². The molecule has 0 amide bonds. The van der Waals surface area contributed by atoms with Gasteiger partial charge in [-0.2, -0.15) is 10.4 Å². The number of aromatic nitrogens is 3. The predicted octanol–water partition coefficient (Wildman–Crippen LogP) is 5.19. The van der Waals surface area contributed by atoms with Gasteiger partial charge >= 0.3 is 5.97 Å². The van der Waals surface area contributed by atoms with Crippen LogP contribution in [0.2, 0.25) is 0 Å². The maximum absolute atomic E-state index is 14.4. The molecule has 0 unspecified atom stereocenters. The van der Waals surface area contributed by atoms with Crippen LogP contribution in [0, 0.1) is 17.1 Å². The van der Waals surface area contributed by atoms with Crippen LogP contribution in [0.4, 0.5) is 4.39 Å². The molecule has 2 atom stereocenters. The number of methoxy groups -OCH3 is 1. The van der Waals surface area contributed by atoms with Gasteiger partial charge in [-0.1, -0.05) is 13.8 Å². The van der Waals surface area contributed by atoms with Gasteiger partial charge in [-0.25, -0.2) is 9.18 Å². The molecule has 0 aliphatic carbocycles. The van der Waals surface area contributed by atoms with E-state index in [9.17, 15) is 19.6 Å². The summed E-state index contributed by atoms with van der Waals surface area (Å²) >= 11 is 0. The number of hydrogen-bond acceptors (Lipinski definition) is 5. The number of carboxylic acid groups (broad SMARTS) is 1. The molecule has 8 nitrogen and oxygen atoms in total. The van der Waals surface area contributed by atoms with Gasteiger partial charge in [0.15, 0.2) is 17.2 Å². The lowest BCUT2D eigenvalue weighted by Crippen LogP contribution is -2.34. The SMILES string of the molecule is COc1cc(-n2c(C(C)(C)CC#N)c([C@@H]3CO[C@@](C)(C(=O)O)C3)c3cc4[nH]ncc4cc32)ccc1F. The lowest BCUT2D eigenvalue weighted by atomic mass is 9.79. The highest BCUT2D eigenvalue weighted by atomic mass is 19.1. The van der Waals surface area contributed by atoms with E-state index in [1.165, 1.54) is 13.2 Å². The van der Waals surface area contributed by atoms with Crippen LogP contribution in [0.3, 0.4) is 0 Å². The van der Waals surface area contributed by atoms with E-state index in [0.29, 0.717) is 5.69 Å². The van der Waals surface area contributed by atoms with E-state index in [4.69, 9.17) is 9.47 Å². The molecule has 1 aliphatic rings. The number of halogens is 1. The van der Waals surface area contributed by atoms with Crippen molar-refractivity contribution in [2.45, 2.75) is 50.5 Å². The number of H-pyrrole nitrogens is 1. The number of benzene rings is 2. The number of nitrogens with zero attached hydrogens (tertiary/aromatic N) is 3. The van der Waals surface area contributed by atoms with Gasteiger partial charge in [0, 0.05) is 46.0 Å². The van der Waals surface area contributed by atoms with Crippen molar-refractivity contribution in [3.63, 3.8) is 0 Å². The smallest absolute Gasteiger partial charge is 0.335 e. The fraction of sp³-hybridized carbons (Fsp3) is 0.370. The Bertz CT molecular complexity index is 1550. The summed E-state index contributed by atoms with van der Waals surface area (Å²) in [6, 6.07) is 11.0. The van der Waals surface area contributed by atoms with Crippen LogP contribution in [-0.2, 0) is 14.9 Å². The van der Waals surface area contributed by atoms with E-state index in [-0.39, 0.29) is 31.1 Å². The van der Waals surface area contributed by atoms with Crippen molar-refractivity contribution in [3.8, 4) is 17.5 Å². The molecule has 1 fully saturated rings. The summed E-state index contributed by atoms with van der Waals surface area (Å²) in [5, 5.41) is 28.5. The summed E-state index contributed by atoms with van der Waals surface area (Å²) in [4.78, 5) is 12.0. The Labute approximate surface area is 207 Å². The van der Waals surface area contributed by atoms with E-state index in [1.807, 2.05) is 30.5 Å².